The zero-order chi connectivity index (χ0) is 31.7. The smallest absolute Gasteiger partial charge is 0.255 e. The van der Waals surface area contributed by atoms with Gasteiger partial charge in [0.05, 0.1) is 17.6 Å². The molecule has 3 aromatic carbocycles. The summed E-state index contributed by atoms with van der Waals surface area (Å²) in [6.45, 7) is 5.70. The number of hydrogen-bond acceptors (Lipinski definition) is 6. The van der Waals surface area contributed by atoms with Crippen molar-refractivity contribution in [3.05, 3.63) is 101 Å². The fourth-order valence-electron chi connectivity index (χ4n) is 5.99. The minimum absolute atomic E-state index is 0.112. The largest absolute Gasteiger partial charge is 0.496 e. The first kappa shape index (κ1) is 33.4. The maximum atomic E-state index is 12.4. The van der Waals surface area contributed by atoms with Crippen LogP contribution in [0.25, 0.3) is 5.57 Å². The lowest BCUT2D eigenvalue weighted by Gasteiger charge is -2.23. The Labute approximate surface area is 262 Å². The van der Waals surface area contributed by atoms with Gasteiger partial charge in [0.15, 0.2) is 0 Å². The van der Waals surface area contributed by atoms with Gasteiger partial charge in [-0.05, 0) is 105 Å². The average Bonchev–Trinajstić information content (AvgIpc) is 3.42. The number of carbonyl (C=O) groups excluding carboxylic acids is 1. The molecule has 0 spiro atoms. The van der Waals surface area contributed by atoms with Crippen LogP contribution < -0.4 is 15.2 Å². The fraction of sp³-hybridized carbons (Fsp3) is 0.400. The quantitative estimate of drug-likeness (QED) is 0.360. The lowest BCUT2D eigenvalue weighted by atomic mass is 9.93. The Bertz CT molecular complexity index is 1520. The number of fused-ring (bicyclic) bond motifs is 2. The molecule has 236 valence electrons. The SMILES string of the molecule is CCN1CCCC1CNC(=O)c1cc(S(N)(=O)=O)ccc1OC.CN(C)CCC=C1c2ccccc2CCc2ccccc21. The van der Waals surface area contributed by atoms with Crippen molar-refractivity contribution in [2.75, 3.05) is 47.4 Å². The summed E-state index contributed by atoms with van der Waals surface area (Å²) >= 11 is 0. The summed E-state index contributed by atoms with van der Waals surface area (Å²) in [5.41, 5.74) is 7.37. The number of nitrogens with one attached hydrogen (secondary N) is 1. The van der Waals surface area contributed by atoms with Gasteiger partial charge in [0.1, 0.15) is 5.75 Å². The van der Waals surface area contributed by atoms with Crippen LogP contribution in [0.5, 0.6) is 5.75 Å². The van der Waals surface area contributed by atoms with Crippen LogP contribution in [-0.4, -0.2) is 77.6 Å². The summed E-state index contributed by atoms with van der Waals surface area (Å²) in [5, 5.41) is 7.98. The van der Waals surface area contributed by atoms with E-state index < -0.39 is 10.0 Å². The van der Waals surface area contributed by atoms with Gasteiger partial charge >= 0.3 is 0 Å². The van der Waals surface area contributed by atoms with Crippen molar-refractivity contribution in [1.29, 1.82) is 0 Å². The molecule has 1 heterocycles. The molecule has 3 aromatic rings. The van der Waals surface area contributed by atoms with Gasteiger partial charge < -0.3 is 15.0 Å². The maximum Gasteiger partial charge on any atom is 0.255 e. The Morgan fingerprint density at radius 3 is 2.25 bits per heavy atom. The van der Waals surface area contributed by atoms with E-state index in [1.807, 2.05) is 0 Å². The van der Waals surface area contributed by atoms with Gasteiger partial charge in [-0.15, -0.1) is 0 Å². The van der Waals surface area contributed by atoms with Gasteiger partial charge in [0.2, 0.25) is 10.0 Å². The van der Waals surface area contributed by atoms with Crippen LogP contribution in [-0.2, 0) is 22.9 Å². The van der Waals surface area contributed by atoms with Crippen LogP contribution in [0.3, 0.4) is 0 Å². The van der Waals surface area contributed by atoms with Crippen LogP contribution in [0, 0.1) is 0 Å². The van der Waals surface area contributed by atoms with Gasteiger partial charge in [0, 0.05) is 19.1 Å². The second-order valence-corrected chi connectivity index (χ2v) is 13.1. The van der Waals surface area contributed by atoms with Gasteiger partial charge in [-0.3, -0.25) is 9.69 Å². The number of rotatable bonds is 9. The molecule has 0 bridgehead atoms. The monoisotopic (exact) mass is 618 g/mol. The van der Waals surface area contributed by atoms with Crippen molar-refractivity contribution in [2.45, 2.75) is 50.0 Å². The summed E-state index contributed by atoms with van der Waals surface area (Å²) in [7, 11) is 1.82. The first-order chi connectivity index (χ1) is 21.1. The molecule has 44 heavy (non-hydrogen) atoms. The second kappa shape index (κ2) is 15.5. The molecule has 0 aromatic heterocycles. The standard InChI is InChI=1S/C20H23N.C15H23N3O4S/c1-21(2)15-7-12-20-18-10-5-3-8-16(18)13-14-17-9-4-6-11-19(17)20;1-3-18-8-4-5-11(18)10-17-15(19)13-9-12(23(16,20)21)6-7-14(13)22-2/h3-6,8-12H,7,13-15H2,1-2H3;6-7,9,11H,3-5,8,10H2,1-2H3,(H,17,19)(H2,16,20,21). The van der Waals surface area contributed by atoms with E-state index in [4.69, 9.17) is 9.88 Å². The Kier molecular flexibility index (Phi) is 11.7. The minimum Gasteiger partial charge on any atom is -0.496 e. The van der Waals surface area contributed by atoms with Gasteiger partial charge in [-0.2, -0.15) is 0 Å². The number of ether oxygens (including phenoxy) is 1. The lowest BCUT2D eigenvalue weighted by Crippen LogP contribution is -2.40. The summed E-state index contributed by atoms with van der Waals surface area (Å²) in [6, 6.07) is 22.1. The molecule has 1 aliphatic heterocycles. The van der Waals surface area contributed by atoms with Crippen molar-refractivity contribution in [3.8, 4) is 5.75 Å². The average molecular weight is 619 g/mol. The third-order valence-corrected chi connectivity index (χ3v) is 9.26. The predicted octanol–water partition coefficient (Wildman–Crippen LogP) is 4.73. The van der Waals surface area contributed by atoms with Crippen LogP contribution in [0.1, 0.15) is 58.8 Å². The summed E-state index contributed by atoms with van der Waals surface area (Å²) in [4.78, 5) is 16.9. The van der Waals surface area contributed by atoms with Crippen molar-refractivity contribution >= 4 is 21.5 Å². The fourth-order valence-corrected chi connectivity index (χ4v) is 6.53. The number of benzene rings is 3. The predicted molar refractivity (Wildman–Crippen MR) is 178 cm³/mol. The molecule has 1 unspecified atom stereocenters. The van der Waals surface area contributed by atoms with E-state index in [0.717, 1.165) is 51.7 Å². The molecule has 1 atom stereocenters. The Morgan fingerprint density at radius 1 is 1.05 bits per heavy atom. The molecule has 0 saturated carbocycles. The molecule has 1 aliphatic carbocycles. The van der Waals surface area contributed by atoms with Crippen LogP contribution in [0.4, 0.5) is 0 Å². The van der Waals surface area contributed by atoms with Crippen LogP contribution in [0.15, 0.2) is 77.7 Å². The number of hydrogen-bond donors (Lipinski definition) is 2. The Balaban J connectivity index is 0.000000201. The highest BCUT2D eigenvalue weighted by Gasteiger charge is 2.24. The summed E-state index contributed by atoms with van der Waals surface area (Å²) < 4.78 is 28.1. The highest BCUT2D eigenvalue weighted by Crippen LogP contribution is 2.33. The number of primary sulfonamides is 1. The number of likely N-dealkylation sites (tertiary alicyclic amines) is 1. The number of carbonyl (C=O) groups is 1. The maximum absolute atomic E-state index is 12.4. The van der Waals surface area contributed by atoms with Crippen LogP contribution in [0.2, 0.25) is 0 Å². The number of nitrogens with two attached hydrogens (primary N) is 1. The number of methoxy groups -OCH3 is 1. The van der Waals surface area contributed by atoms with E-state index in [-0.39, 0.29) is 16.4 Å². The highest BCUT2D eigenvalue weighted by molar-refractivity contribution is 7.89. The van der Waals surface area contributed by atoms with Gasteiger partial charge in [0.25, 0.3) is 5.91 Å². The first-order valence-electron chi connectivity index (χ1n) is 15.4. The van der Waals surface area contributed by atoms with Crippen LogP contribution >= 0.6 is 0 Å². The van der Waals surface area contributed by atoms with E-state index in [9.17, 15) is 13.2 Å². The number of sulfonamides is 1. The molecular formula is C35H46N4O4S. The van der Waals surface area contributed by atoms with Crippen molar-refractivity contribution < 1.29 is 17.9 Å². The summed E-state index contributed by atoms with van der Waals surface area (Å²) in [5.74, 6) is -0.0519. The molecule has 5 rings (SSSR count). The Morgan fingerprint density at radius 2 is 1.68 bits per heavy atom. The van der Waals surface area contributed by atoms with Crippen molar-refractivity contribution in [2.24, 2.45) is 5.14 Å². The molecule has 1 amide bonds. The van der Waals surface area contributed by atoms with E-state index >= 15 is 0 Å². The number of likely N-dealkylation sites (N-methyl/N-ethyl adjacent to an activating group) is 1. The summed E-state index contributed by atoms with van der Waals surface area (Å²) in [6.07, 6.45) is 7.95. The molecule has 0 radical (unpaired) electrons. The van der Waals surface area contributed by atoms with E-state index in [0.29, 0.717) is 18.3 Å². The number of amides is 1. The second-order valence-electron chi connectivity index (χ2n) is 11.6. The molecule has 2 aliphatic rings. The third kappa shape index (κ3) is 8.57. The van der Waals surface area contributed by atoms with Crippen molar-refractivity contribution in [1.82, 2.24) is 15.1 Å². The molecule has 3 N–H and O–H groups in total. The topological polar surface area (TPSA) is 105 Å². The van der Waals surface area contributed by atoms with Crippen molar-refractivity contribution in [3.63, 3.8) is 0 Å². The lowest BCUT2D eigenvalue weighted by molar-refractivity contribution is 0.0938. The molecule has 1 saturated heterocycles. The molecular weight excluding hydrogens is 572 g/mol. The first-order valence-corrected chi connectivity index (χ1v) is 16.9. The zero-order valence-electron chi connectivity index (χ0n) is 26.4. The normalized spacial score (nSPS) is 16.3. The van der Waals surface area contributed by atoms with E-state index in [1.54, 1.807) is 0 Å². The zero-order valence-corrected chi connectivity index (χ0v) is 27.2. The molecule has 8 nitrogen and oxygen atoms in total. The van der Waals surface area contributed by atoms with Gasteiger partial charge in [-0.1, -0.05) is 61.5 Å². The Hall–Kier alpha value is -3.50. The third-order valence-electron chi connectivity index (χ3n) is 8.35. The number of nitrogens with zero attached hydrogens (tertiary/aromatic N) is 2. The number of aryl methyl sites for hydroxylation is 2. The molecule has 9 heteroatoms. The molecule has 1 fully saturated rings. The minimum atomic E-state index is -3.87. The van der Waals surface area contributed by atoms with E-state index in [1.165, 1.54) is 53.1 Å². The van der Waals surface area contributed by atoms with Gasteiger partial charge in [-0.25, -0.2) is 13.6 Å². The highest BCUT2D eigenvalue weighted by atomic mass is 32.2. The van der Waals surface area contributed by atoms with E-state index in [2.05, 4.69) is 90.7 Å².